The van der Waals surface area contributed by atoms with Gasteiger partial charge in [-0.05, 0) is 70.5 Å². The Balaban J connectivity index is 2.19. The van der Waals surface area contributed by atoms with Gasteiger partial charge in [0.25, 0.3) is 0 Å². The predicted molar refractivity (Wildman–Crippen MR) is 74.8 cm³/mol. The van der Waals surface area contributed by atoms with E-state index in [1.807, 2.05) is 0 Å². The molecular weight excluding hydrogens is 295 g/mol. The van der Waals surface area contributed by atoms with Gasteiger partial charge >= 0.3 is 0 Å². The average Bonchev–Trinajstić information content (AvgIpc) is 2.20. The minimum absolute atomic E-state index is 0.507. The normalized spacial score (nSPS) is 19.8. The summed E-state index contributed by atoms with van der Waals surface area (Å²) in [6.45, 7) is 4.71. The number of benzene rings is 1. The molecule has 0 amide bonds. The van der Waals surface area contributed by atoms with Gasteiger partial charge in [0, 0.05) is 3.57 Å². The van der Waals surface area contributed by atoms with Gasteiger partial charge in [0.05, 0.1) is 0 Å². The first kappa shape index (κ1) is 11.2. The SMILES string of the molecule is CC1(C)CC=C(c2ccc(I)cc2)CC1. The molecule has 0 saturated carbocycles. The van der Waals surface area contributed by atoms with Gasteiger partial charge in [-0.2, -0.15) is 0 Å². The van der Waals surface area contributed by atoms with E-state index in [1.165, 1.54) is 34.0 Å². The third kappa shape index (κ3) is 2.83. The van der Waals surface area contributed by atoms with Crippen LogP contribution in [0.15, 0.2) is 30.3 Å². The van der Waals surface area contributed by atoms with Crippen LogP contribution < -0.4 is 0 Å². The lowest BCUT2D eigenvalue weighted by Crippen LogP contribution is -2.13. The smallest absolute Gasteiger partial charge is 0.0130 e. The molecule has 0 heterocycles. The first-order chi connectivity index (χ1) is 7.07. The second-order valence-corrected chi connectivity index (χ2v) is 6.35. The van der Waals surface area contributed by atoms with Crippen LogP contribution in [0.4, 0.5) is 0 Å². The number of hydrogen-bond donors (Lipinski definition) is 0. The van der Waals surface area contributed by atoms with Gasteiger partial charge in [-0.15, -0.1) is 0 Å². The van der Waals surface area contributed by atoms with Gasteiger partial charge in [0.15, 0.2) is 0 Å². The molecule has 0 saturated heterocycles. The van der Waals surface area contributed by atoms with Crippen LogP contribution in [0.1, 0.15) is 38.7 Å². The highest BCUT2D eigenvalue weighted by molar-refractivity contribution is 14.1. The number of rotatable bonds is 1. The van der Waals surface area contributed by atoms with E-state index in [2.05, 4.69) is 66.8 Å². The molecule has 1 aliphatic rings. The molecule has 0 atom stereocenters. The Kier molecular flexibility index (Phi) is 3.19. The first-order valence-corrected chi connectivity index (χ1v) is 6.60. The van der Waals surface area contributed by atoms with Crippen LogP contribution in [0.5, 0.6) is 0 Å². The van der Waals surface area contributed by atoms with E-state index in [0.717, 1.165) is 0 Å². The lowest BCUT2D eigenvalue weighted by molar-refractivity contribution is 0.335. The monoisotopic (exact) mass is 312 g/mol. The van der Waals surface area contributed by atoms with E-state index in [4.69, 9.17) is 0 Å². The number of allylic oxidation sites excluding steroid dienone is 2. The molecule has 0 aliphatic heterocycles. The standard InChI is InChI=1S/C14H17I/c1-14(2)9-7-12(8-10-14)11-3-5-13(15)6-4-11/h3-7H,8-10H2,1-2H3. The highest BCUT2D eigenvalue weighted by atomic mass is 127. The maximum absolute atomic E-state index is 2.42. The zero-order chi connectivity index (χ0) is 10.9. The topological polar surface area (TPSA) is 0 Å². The maximum atomic E-state index is 2.42. The van der Waals surface area contributed by atoms with Gasteiger partial charge in [0.1, 0.15) is 0 Å². The summed E-state index contributed by atoms with van der Waals surface area (Å²) in [5, 5.41) is 0. The highest BCUT2D eigenvalue weighted by Crippen LogP contribution is 2.37. The molecule has 2 rings (SSSR count). The van der Waals surface area contributed by atoms with Gasteiger partial charge in [-0.3, -0.25) is 0 Å². The van der Waals surface area contributed by atoms with Crippen molar-refractivity contribution >= 4 is 28.2 Å². The molecule has 1 aromatic rings. The molecule has 1 aliphatic carbocycles. The van der Waals surface area contributed by atoms with E-state index in [-0.39, 0.29) is 0 Å². The molecule has 15 heavy (non-hydrogen) atoms. The predicted octanol–water partition coefficient (Wildman–Crippen LogP) is 4.88. The van der Waals surface area contributed by atoms with Crippen LogP contribution in [-0.4, -0.2) is 0 Å². The Morgan fingerprint density at radius 2 is 1.80 bits per heavy atom. The molecular formula is C14H17I. The van der Waals surface area contributed by atoms with Crippen LogP contribution >= 0.6 is 22.6 Å². The van der Waals surface area contributed by atoms with Crippen molar-refractivity contribution in [3.8, 4) is 0 Å². The van der Waals surface area contributed by atoms with E-state index >= 15 is 0 Å². The summed E-state index contributed by atoms with van der Waals surface area (Å²) in [6.07, 6.45) is 6.18. The summed E-state index contributed by atoms with van der Waals surface area (Å²) in [5.74, 6) is 0. The van der Waals surface area contributed by atoms with Crippen molar-refractivity contribution in [2.75, 3.05) is 0 Å². The number of halogens is 1. The van der Waals surface area contributed by atoms with E-state index in [0.29, 0.717) is 5.41 Å². The highest BCUT2D eigenvalue weighted by Gasteiger charge is 2.21. The Hall–Kier alpha value is -0.310. The van der Waals surface area contributed by atoms with Crippen molar-refractivity contribution in [1.82, 2.24) is 0 Å². The summed E-state index contributed by atoms with van der Waals surface area (Å²) >= 11 is 2.35. The molecule has 0 spiro atoms. The Bertz CT molecular complexity index is 371. The van der Waals surface area contributed by atoms with Gasteiger partial charge in [0.2, 0.25) is 0 Å². The van der Waals surface area contributed by atoms with E-state index in [1.54, 1.807) is 0 Å². The summed E-state index contributed by atoms with van der Waals surface area (Å²) in [6, 6.07) is 8.87. The fraction of sp³-hybridized carbons (Fsp3) is 0.429. The van der Waals surface area contributed by atoms with Crippen LogP contribution in [0, 0.1) is 8.99 Å². The van der Waals surface area contributed by atoms with Crippen molar-refractivity contribution < 1.29 is 0 Å². The fourth-order valence-electron chi connectivity index (χ4n) is 2.00. The fourth-order valence-corrected chi connectivity index (χ4v) is 2.36. The molecule has 1 heteroatoms. The Labute approximate surface area is 106 Å². The van der Waals surface area contributed by atoms with E-state index < -0.39 is 0 Å². The Morgan fingerprint density at radius 1 is 1.13 bits per heavy atom. The Morgan fingerprint density at radius 3 is 2.33 bits per heavy atom. The molecule has 0 fully saturated rings. The van der Waals surface area contributed by atoms with Crippen LogP contribution in [0.2, 0.25) is 0 Å². The zero-order valence-corrected chi connectivity index (χ0v) is 11.5. The van der Waals surface area contributed by atoms with Crippen molar-refractivity contribution in [1.29, 1.82) is 0 Å². The zero-order valence-electron chi connectivity index (χ0n) is 9.39. The summed E-state index contributed by atoms with van der Waals surface area (Å²) in [7, 11) is 0. The lowest BCUT2D eigenvalue weighted by atomic mass is 9.77. The molecule has 1 aromatic carbocycles. The molecule has 80 valence electrons. The molecule has 0 N–H and O–H groups in total. The average molecular weight is 312 g/mol. The number of hydrogen-bond acceptors (Lipinski definition) is 0. The molecule has 0 radical (unpaired) electrons. The lowest BCUT2D eigenvalue weighted by Gasteiger charge is -2.28. The molecule has 0 bridgehead atoms. The van der Waals surface area contributed by atoms with Crippen LogP contribution in [0.25, 0.3) is 5.57 Å². The second kappa shape index (κ2) is 4.28. The van der Waals surface area contributed by atoms with Crippen LogP contribution in [-0.2, 0) is 0 Å². The maximum Gasteiger partial charge on any atom is 0.0130 e. The van der Waals surface area contributed by atoms with E-state index in [9.17, 15) is 0 Å². The first-order valence-electron chi connectivity index (χ1n) is 5.52. The summed E-state index contributed by atoms with van der Waals surface area (Å²) < 4.78 is 1.31. The largest absolute Gasteiger partial charge is 0.0802 e. The third-order valence-electron chi connectivity index (χ3n) is 3.19. The quantitative estimate of drug-likeness (QED) is 0.648. The van der Waals surface area contributed by atoms with Crippen molar-refractivity contribution in [2.45, 2.75) is 33.1 Å². The van der Waals surface area contributed by atoms with Crippen LogP contribution in [0.3, 0.4) is 0 Å². The second-order valence-electron chi connectivity index (χ2n) is 5.10. The minimum atomic E-state index is 0.507. The summed E-state index contributed by atoms with van der Waals surface area (Å²) in [5.41, 5.74) is 3.45. The third-order valence-corrected chi connectivity index (χ3v) is 3.91. The summed E-state index contributed by atoms with van der Waals surface area (Å²) in [4.78, 5) is 0. The molecule has 0 aromatic heterocycles. The van der Waals surface area contributed by atoms with Gasteiger partial charge in [-0.25, -0.2) is 0 Å². The van der Waals surface area contributed by atoms with Crippen molar-refractivity contribution in [3.63, 3.8) is 0 Å². The van der Waals surface area contributed by atoms with Crippen molar-refractivity contribution in [3.05, 3.63) is 39.5 Å². The van der Waals surface area contributed by atoms with Gasteiger partial charge in [-0.1, -0.05) is 32.1 Å². The molecule has 0 unspecified atom stereocenters. The van der Waals surface area contributed by atoms with Crippen molar-refractivity contribution in [2.24, 2.45) is 5.41 Å². The minimum Gasteiger partial charge on any atom is -0.0802 e. The van der Waals surface area contributed by atoms with Gasteiger partial charge < -0.3 is 0 Å². The molecule has 0 nitrogen and oxygen atoms in total.